The maximum Gasteiger partial charge on any atom is 0.288 e. The van der Waals surface area contributed by atoms with Crippen LogP contribution in [0.3, 0.4) is 0 Å². The quantitative estimate of drug-likeness (QED) is 0.595. The van der Waals surface area contributed by atoms with Crippen LogP contribution in [0.15, 0.2) is 15.8 Å². The number of hydrogen-bond donors (Lipinski definition) is 2. The molecule has 0 aromatic carbocycles. The minimum Gasteiger partial charge on any atom is -0.492 e. The largest absolute Gasteiger partial charge is 0.492 e. The van der Waals surface area contributed by atoms with E-state index in [1.165, 1.54) is 0 Å². The number of nitrogen functional groups attached to an aromatic ring is 1. The lowest BCUT2D eigenvalue weighted by Gasteiger charge is -1.95. The zero-order valence-electron chi connectivity index (χ0n) is 11.2. The second-order valence-corrected chi connectivity index (χ2v) is 5.54. The topological polar surface area (TPSA) is 116 Å². The average molecular weight is 305 g/mol. The Hall–Kier alpha value is -2.68. The van der Waals surface area contributed by atoms with Gasteiger partial charge >= 0.3 is 0 Å². The molecule has 0 fully saturated rings. The molecule has 3 heterocycles. The summed E-state index contributed by atoms with van der Waals surface area (Å²) in [6.45, 7) is 1.82. The van der Waals surface area contributed by atoms with Crippen LogP contribution >= 0.6 is 11.3 Å². The van der Waals surface area contributed by atoms with Gasteiger partial charge in [-0.2, -0.15) is 10.1 Å². The van der Waals surface area contributed by atoms with Crippen LogP contribution in [0.1, 0.15) is 11.3 Å². The summed E-state index contributed by atoms with van der Waals surface area (Å²) in [5.74, 6) is -0.564. The molecular weight excluding hydrogens is 294 g/mol. The van der Waals surface area contributed by atoms with Gasteiger partial charge in [-0.25, -0.2) is 4.40 Å². The predicted molar refractivity (Wildman–Crippen MR) is 78.4 cm³/mol. The van der Waals surface area contributed by atoms with Crippen molar-refractivity contribution in [1.29, 1.82) is 0 Å². The SMILES string of the molecule is Cc1nn(C)cc1/C=c1\sc2nc(O)c(N)c(=O)n2c1=O. The fraction of sp³-hybridized carbons (Fsp3) is 0.167. The van der Waals surface area contributed by atoms with E-state index >= 15 is 0 Å². The molecule has 0 radical (unpaired) electrons. The smallest absolute Gasteiger partial charge is 0.288 e. The third kappa shape index (κ3) is 1.98. The number of fused-ring (bicyclic) bond motifs is 1. The molecule has 0 saturated carbocycles. The zero-order valence-corrected chi connectivity index (χ0v) is 12.0. The van der Waals surface area contributed by atoms with Crippen LogP contribution in [0.2, 0.25) is 0 Å². The van der Waals surface area contributed by atoms with E-state index in [0.717, 1.165) is 27.0 Å². The maximum atomic E-state index is 12.3. The first-order valence-electron chi connectivity index (χ1n) is 5.94. The molecular formula is C12H11N5O3S. The van der Waals surface area contributed by atoms with Gasteiger partial charge < -0.3 is 10.8 Å². The summed E-state index contributed by atoms with van der Waals surface area (Å²) in [6, 6.07) is 0. The Bertz CT molecular complexity index is 1030. The molecule has 3 N–H and O–H groups in total. The molecule has 0 atom stereocenters. The van der Waals surface area contributed by atoms with Crippen molar-refractivity contribution in [2.24, 2.45) is 7.05 Å². The molecule has 108 valence electrons. The highest BCUT2D eigenvalue weighted by molar-refractivity contribution is 7.15. The third-order valence-electron chi connectivity index (χ3n) is 3.02. The number of anilines is 1. The highest BCUT2D eigenvalue weighted by Gasteiger charge is 2.14. The molecule has 0 amide bonds. The van der Waals surface area contributed by atoms with E-state index in [1.807, 2.05) is 6.92 Å². The Morgan fingerprint density at radius 1 is 1.38 bits per heavy atom. The number of thiazole rings is 1. The number of rotatable bonds is 1. The highest BCUT2D eigenvalue weighted by atomic mass is 32.1. The Morgan fingerprint density at radius 3 is 2.71 bits per heavy atom. The van der Waals surface area contributed by atoms with Crippen molar-refractivity contribution in [2.75, 3.05) is 5.73 Å². The number of nitrogens with zero attached hydrogens (tertiary/aromatic N) is 4. The van der Waals surface area contributed by atoms with Gasteiger partial charge in [0, 0.05) is 18.8 Å². The first kappa shape index (κ1) is 13.3. The number of hydrogen-bond acceptors (Lipinski definition) is 7. The van der Waals surface area contributed by atoms with Gasteiger partial charge in [0.15, 0.2) is 5.69 Å². The normalized spacial score (nSPS) is 12.4. The Labute approximate surface area is 121 Å². The third-order valence-corrected chi connectivity index (χ3v) is 3.99. The van der Waals surface area contributed by atoms with Crippen molar-refractivity contribution < 1.29 is 5.11 Å². The lowest BCUT2D eigenvalue weighted by Crippen LogP contribution is -2.32. The molecule has 0 unspecified atom stereocenters. The highest BCUT2D eigenvalue weighted by Crippen LogP contribution is 2.12. The Morgan fingerprint density at radius 2 is 2.10 bits per heavy atom. The summed E-state index contributed by atoms with van der Waals surface area (Å²) < 4.78 is 2.81. The van der Waals surface area contributed by atoms with Gasteiger partial charge in [0.25, 0.3) is 11.1 Å². The zero-order chi connectivity index (χ0) is 15.3. The number of aromatic nitrogens is 4. The van der Waals surface area contributed by atoms with Gasteiger partial charge in [-0.05, 0) is 13.0 Å². The molecule has 3 aromatic heterocycles. The van der Waals surface area contributed by atoms with E-state index in [1.54, 1.807) is 24.0 Å². The minimum absolute atomic E-state index is 0.101. The van der Waals surface area contributed by atoms with Crippen molar-refractivity contribution in [3.05, 3.63) is 42.7 Å². The van der Waals surface area contributed by atoms with Crippen LogP contribution in [-0.2, 0) is 7.05 Å². The van der Waals surface area contributed by atoms with E-state index < -0.39 is 22.7 Å². The Balaban J connectivity index is 2.38. The molecule has 0 aliphatic carbocycles. The van der Waals surface area contributed by atoms with E-state index in [2.05, 4.69) is 10.1 Å². The van der Waals surface area contributed by atoms with Gasteiger partial charge in [-0.3, -0.25) is 14.3 Å². The molecule has 0 saturated heterocycles. The number of aryl methyl sites for hydroxylation is 2. The van der Waals surface area contributed by atoms with Gasteiger partial charge in [0.2, 0.25) is 10.8 Å². The molecule has 0 spiro atoms. The minimum atomic E-state index is -0.763. The van der Waals surface area contributed by atoms with E-state index in [-0.39, 0.29) is 4.96 Å². The van der Waals surface area contributed by atoms with Crippen molar-refractivity contribution in [1.82, 2.24) is 19.2 Å². The van der Waals surface area contributed by atoms with E-state index in [4.69, 9.17) is 5.73 Å². The standard InChI is InChI=1S/C12H11N5O3S/c1-5-6(4-16(2)15-5)3-7-10(19)17-11(20)8(13)9(18)14-12(17)21-7/h3-4,18H,13H2,1-2H3/b7-3-. The molecule has 0 aliphatic heterocycles. The maximum absolute atomic E-state index is 12.3. The van der Waals surface area contributed by atoms with Gasteiger partial charge in [0.1, 0.15) is 0 Å². The second kappa shape index (κ2) is 4.42. The van der Waals surface area contributed by atoms with E-state index in [9.17, 15) is 14.7 Å². The fourth-order valence-corrected chi connectivity index (χ4v) is 2.95. The number of nitrogens with two attached hydrogens (primary N) is 1. The molecule has 9 heteroatoms. The van der Waals surface area contributed by atoms with Crippen LogP contribution in [0.4, 0.5) is 5.69 Å². The Kier molecular flexibility index (Phi) is 2.80. The van der Waals surface area contributed by atoms with Crippen molar-refractivity contribution >= 4 is 28.1 Å². The summed E-state index contributed by atoms with van der Waals surface area (Å²) in [7, 11) is 1.78. The monoisotopic (exact) mass is 305 g/mol. The molecule has 8 nitrogen and oxygen atoms in total. The van der Waals surface area contributed by atoms with Crippen LogP contribution in [0.5, 0.6) is 5.88 Å². The van der Waals surface area contributed by atoms with Crippen LogP contribution in [-0.4, -0.2) is 24.3 Å². The summed E-state index contributed by atoms with van der Waals surface area (Å²) in [4.78, 5) is 28.1. The second-order valence-electron chi connectivity index (χ2n) is 4.53. The molecule has 3 aromatic rings. The van der Waals surface area contributed by atoms with Gasteiger partial charge in [-0.1, -0.05) is 11.3 Å². The van der Waals surface area contributed by atoms with Gasteiger partial charge in [-0.15, -0.1) is 0 Å². The molecule has 0 aliphatic rings. The van der Waals surface area contributed by atoms with E-state index in [0.29, 0.717) is 4.53 Å². The molecule has 21 heavy (non-hydrogen) atoms. The summed E-state index contributed by atoms with van der Waals surface area (Å²) in [5, 5.41) is 13.6. The molecule has 0 bridgehead atoms. The summed E-state index contributed by atoms with van der Waals surface area (Å²) in [5.41, 5.74) is 5.22. The van der Waals surface area contributed by atoms with Crippen molar-refractivity contribution in [3.63, 3.8) is 0 Å². The van der Waals surface area contributed by atoms with Crippen molar-refractivity contribution in [2.45, 2.75) is 6.92 Å². The van der Waals surface area contributed by atoms with Crippen LogP contribution in [0, 0.1) is 6.92 Å². The van der Waals surface area contributed by atoms with Gasteiger partial charge in [0.05, 0.1) is 10.2 Å². The predicted octanol–water partition coefficient (Wildman–Crippen LogP) is -1.01. The first-order chi connectivity index (χ1) is 9.88. The summed E-state index contributed by atoms with van der Waals surface area (Å²) in [6.07, 6.45) is 3.40. The average Bonchev–Trinajstić information content (AvgIpc) is 2.88. The van der Waals surface area contributed by atoms with Crippen LogP contribution < -0.4 is 21.4 Å². The lowest BCUT2D eigenvalue weighted by molar-refractivity contribution is 0.456. The first-order valence-corrected chi connectivity index (χ1v) is 6.76. The molecule has 3 rings (SSSR count). The van der Waals surface area contributed by atoms with Crippen molar-refractivity contribution in [3.8, 4) is 5.88 Å². The fourth-order valence-electron chi connectivity index (χ4n) is 2.00. The van der Waals surface area contributed by atoms with Crippen LogP contribution in [0.25, 0.3) is 11.0 Å². The number of aromatic hydroxyl groups is 1. The summed E-state index contributed by atoms with van der Waals surface area (Å²) >= 11 is 1.00. The lowest BCUT2D eigenvalue weighted by atomic mass is 10.2.